The largest absolute Gasteiger partial charge is 2.00 e. The smallest absolute Gasteiger partial charge is 2.00 e. The van der Waals surface area contributed by atoms with E-state index in [1.165, 1.54) is 0 Å². The van der Waals surface area contributed by atoms with Crippen LogP contribution in [-0.4, -0.2) is 18.8 Å². The molecule has 0 aliphatic carbocycles. The van der Waals surface area contributed by atoms with Crippen LogP contribution in [0.5, 0.6) is 0 Å². The first-order valence-corrected chi connectivity index (χ1v) is 1.95. The molecule has 0 amide bonds. The predicted octanol–water partition coefficient (Wildman–Crippen LogP) is -1.62. The molecule has 0 aromatic carbocycles. The van der Waals surface area contributed by atoms with E-state index < -0.39 is 9.17 Å². The standard InChI is InChI=1S/H2O3Si.S.2Zn/c1-4(2)3;;;/h1-2H;;;/q;-2;2*+2. The van der Waals surface area contributed by atoms with Gasteiger partial charge in [-0.05, 0) is 0 Å². The van der Waals surface area contributed by atoms with Crippen LogP contribution in [0.1, 0.15) is 0 Å². The van der Waals surface area contributed by atoms with Gasteiger partial charge in [-0.1, -0.05) is 0 Å². The van der Waals surface area contributed by atoms with E-state index in [0.29, 0.717) is 0 Å². The molecule has 0 heterocycles. The van der Waals surface area contributed by atoms with Crippen LogP contribution in [0, 0.1) is 0 Å². The number of hydrogen-bond donors (Lipinski definition) is 2. The van der Waals surface area contributed by atoms with Crippen molar-refractivity contribution in [2.24, 2.45) is 0 Å². The summed E-state index contributed by atoms with van der Waals surface area (Å²) in [5.41, 5.74) is 0. The van der Waals surface area contributed by atoms with Gasteiger partial charge in [0.15, 0.2) is 0 Å². The fourth-order valence-electron chi connectivity index (χ4n) is 0. The van der Waals surface area contributed by atoms with Gasteiger partial charge in [-0.25, -0.2) is 0 Å². The second-order valence-corrected chi connectivity index (χ2v) is 0.848. The van der Waals surface area contributed by atoms with Gasteiger partial charge in [0.2, 0.25) is 0 Å². The van der Waals surface area contributed by atoms with Crippen molar-refractivity contribution in [1.29, 1.82) is 0 Å². The second-order valence-electron chi connectivity index (χ2n) is 0.283. The first kappa shape index (κ1) is 24.1. The molecule has 0 rings (SSSR count). The molecule has 0 saturated heterocycles. The zero-order valence-corrected chi connectivity index (χ0v) is 11.4. The number of hydrogen-bond acceptors (Lipinski definition) is 1. The van der Waals surface area contributed by atoms with Crippen molar-refractivity contribution >= 4 is 22.7 Å². The van der Waals surface area contributed by atoms with Crippen molar-refractivity contribution in [3.05, 3.63) is 0 Å². The maximum absolute atomic E-state index is 8.74. The summed E-state index contributed by atoms with van der Waals surface area (Å²) in [5.74, 6) is 0. The topological polar surface area (TPSA) is 57.5 Å². The Bertz CT molecular complexity index is 35.9. The Kier molecular flexibility index (Phi) is 53.9. The van der Waals surface area contributed by atoms with E-state index in [-0.39, 0.29) is 52.5 Å². The maximum Gasteiger partial charge on any atom is 2.00 e. The summed E-state index contributed by atoms with van der Waals surface area (Å²) in [6.45, 7) is 0. The minimum absolute atomic E-state index is 0. The van der Waals surface area contributed by atoms with Gasteiger partial charge in [-0.15, -0.1) is 0 Å². The van der Waals surface area contributed by atoms with E-state index in [2.05, 4.69) is 0 Å². The Morgan fingerprint density at radius 1 is 1.14 bits per heavy atom. The number of rotatable bonds is 0. The van der Waals surface area contributed by atoms with Crippen LogP contribution in [0.25, 0.3) is 0 Å². The minimum atomic E-state index is -3.13. The van der Waals surface area contributed by atoms with Crippen molar-refractivity contribution in [2.45, 2.75) is 0 Å². The van der Waals surface area contributed by atoms with Gasteiger partial charge in [0.25, 0.3) is 0 Å². The van der Waals surface area contributed by atoms with Crippen LogP contribution in [0.4, 0.5) is 0 Å². The minimum Gasteiger partial charge on any atom is -2.00 e. The molecule has 7 heteroatoms. The van der Waals surface area contributed by atoms with Crippen molar-refractivity contribution < 1.29 is 53.0 Å². The first-order chi connectivity index (χ1) is 1.73. The molecule has 0 fully saturated rings. The van der Waals surface area contributed by atoms with Gasteiger partial charge in [-0.2, -0.15) is 0 Å². The van der Waals surface area contributed by atoms with Crippen LogP contribution in [0.3, 0.4) is 0 Å². The van der Waals surface area contributed by atoms with Gasteiger partial charge in [0.1, 0.15) is 0 Å². The molecule has 0 saturated carbocycles. The second kappa shape index (κ2) is 15.7. The molecule has 0 bridgehead atoms. The van der Waals surface area contributed by atoms with Crippen LogP contribution in [0.15, 0.2) is 0 Å². The Labute approximate surface area is 75.4 Å². The Hall–Kier alpha value is 1.21. The summed E-state index contributed by atoms with van der Waals surface area (Å²) in [7, 11) is -3.13. The fourth-order valence-corrected chi connectivity index (χ4v) is 0. The average Bonchev–Trinajstić information content (AvgIpc) is 0.811. The molecule has 0 aromatic rings. The van der Waals surface area contributed by atoms with Crippen molar-refractivity contribution in [3.8, 4) is 0 Å². The van der Waals surface area contributed by atoms with E-state index in [9.17, 15) is 0 Å². The van der Waals surface area contributed by atoms with Crippen LogP contribution in [0.2, 0.25) is 0 Å². The van der Waals surface area contributed by atoms with E-state index in [4.69, 9.17) is 14.1 Å². The molecule has 0 aliphatic heterocycles. The Balaban J connectivity index is -0.0000000150. The molecule has 0 aliphatic rings. The fraction of sp³-hybridized carbons (Fsp3) is 0. The van der Waals surface area contributed by atoms with Crippen molar-refractivity contribution in [3.63, 3.8) is 0 Å². The third-order valence-electron chi connectivity index (χ3n) is 0. The summed E-state index contributed by atoms with van der Waals surface area (Å²) >= 11 is 0. The Morgan fingerprint density at radius 3 is 1.14 bits per heavy atom. The molecule has 7 heavy (non-hydrogen) atoms. The maximum atomic E-state index is 8.74. The van der Waals surface area contributed by atoms with Crippen LogP contribution in [-0.2, 0) is 56.9 Å². The molecular weight excluding hydrogens is 239 g/mol. The molecular formula is H2O3SSiZn2+2. The van der Waals surface area contributed by atoms with Crippen LogP contribution < -0.4 is 0 Å². The van der Waals surface area contributed by atoms with Gasteiger partial charge in [0, 0.05) is 0 Å². The summed E-state index contributed by atoms with van der Waals surface area (Å²) in [6, 6.07) is 0. The quantitative estimate of drug-likeness (QED) is 0.501. The molecule has 0 aromatic heterocycles. The summed E-state index contributed by atoms with van der Waals surface area (Å²) in [5, 5.41) is 0. The third kappa shape index (κ3) is 133. The summed E-state index contributed by atoms with van der Waals surface area (Å²) in [4.78, 5) is 14.3. The van der Waals surface area contributed by atoms with E-state index in [1.54, 1.807) is 0 Å². The molecule has 0 unspecified atom stereocenters. The van der Waals surface area contributed by atoms with Crippen LogP contribution >= 0.6 is 0 Å². The van der Waals surface area contributed by atoms with Gasteiger partial charge < -0.3 is 23.1 Å². The molecule has 0 atom stereocenters. The molecule has 0 radical (unpaired) electrons. The zero-order valence-electron chi connectivity index (χ0n) is 3.63. The van der Waals surface area contributed by atoms with Crippen molar-refractivity contribution in [1.82, 2.24) is 0 Å². The summed E-state index contributed by atoms with van der Waals surface area (Å²) < 4.78 is 8.74. The summed E-state index contributed by atoms with van der Waals surface area (Å²) in [6.07, 6.45) is 0. The SMILES string of the molecule is O=[Si](O)O.[S-2].[Zn+2].[Zn+2]. The average molecular weight is 241 g/mol. The van der Waals surface area contributed by atoms with E-state index in [0.717, 1.165) is 0 Å². The normalized spacial score (nSPS) is 3.43. The van der Waals surface area contributed by atoms with E-state index >= 15 is 0 Å². The van der Waals surface area contributed by atoms with Crippen molar-refractivity contribution in [2.75, 3.05) is 0 Å². The van der Waals surface area contributed by atoms with E-state index in [1.807, 2.05) is 0 Å². The van der Waals surface area contributed by atoms with Gasteiger partial charge in [-0.3, -0.25) is 4.46 Å². The molecule has 0 spiro atoms. The molecule has 32 valence electrons. The molecule has 3 nitrogen and oxygen atoms in total. The van der Waals surface area contributed by atoms with Gasteiger partial charge >= 0.3 is 48.1 Å². The monoisotopic (exact) mass is 238 g/mol. The Morgan fingerprint density at radius 2 is 1.14 bits per heavy atom. The zero-order chi connectivity index (χ0) is 3.58. The third-order valence-corrected chi connectivity index (χ3v) is 0. The predicted molar refractivity (Wildman–Crippen MR) is 18.2 cm³/mol. The van der Waals surface area contributed by atoms with Gasteiger partial charge in [0.05, 0.1) is 0 Å². The first-order valence-electron chi connectivity index (χ1n) is 0.651. The molecule has 2 N–H and O–H groups in total.